The van der Waals surface area contributed by atoms with Crippen LogP contribution in [-0.4, -0.2) is 20.6 Å². The smallest absolute Gasteiger partial charge is 0.285 e. The van der Waals surface area contributed by atoms with Gasteiger partial charge in [-0.25, -0.2) is 5.43 Å². The molecule has 0 amide bonds. The van der Waals surface area contributed by atoms with Gasteiger partial charge >= 0.3 is 0 Å². The Labute approximate surface area is 123 Å². The SMILES string of the molecule is N/C(=N\S(=O)(=O)c1ccccc1)N/N=C/c1ccccc1. The van der Waals surface area contributed by atoms with Crippen molar-refractivity contribution in [2.24, 2.45) is 15.2 Å². The third kappa shape index (κ3) is 4.43. The summed E-state index contributed by atoms with van der Waals surface area (Å²) in [5.74, 6) is -0.300. The molecule has 6 nitrogen and oxygen atoms in total. The molecule has 0 saturated carbocycles. The van der Waals surface area contributed by atoms with Gasteiger partial charge in [-0.3, -0.25) is 0 Å². The maximum Gasteiger partial charge on any atom is 0.285 e. The molecule has 2 aromatic rings. The predicted octanol–water partition coefficient (Wildman–Crippen LogP) is 1.31. The molecule has 0 heterocycles. The standard InChI is InChI=1S/C14H14N4O2S/c15-14(17-16-11-12-7-3-1-4-8-12)18-21(19,20)13-9-5-2-6-10-13/h1-11H,(H3,15,17,18)/b16-11+. The Morgan fingerprint density at radius 1 is 1.00 bits per heavy atom. The van der Waals surface area contributed by atoms with Gasteiger partial charge in [0.05, 0.1) is 11.1 Å². The minimum Gasteiger partial charge on any atom is -0.368 e. The zero-order valence-electron chi connectivity index (χ0n) is 11.0. The van der Waals surface area contributed by atoms with Crippen molar-refractivity contribution in [3.8, 4) is 0 Å². The summed E-state index contributed by atoms with van der Waals surface area (Å²) in [4.78, 5) is 0.0711. The van der Waals surface area contributed by atoms with Crippen molar-refractivity contribution in [3.63, 3.8) is 0 Å². The number of hydrogen-bond acceptors (Lipinski definition) is 3. The first-order valence-electron chi connectivity index (χ1n) is 6.07. The molecule has 0 radical (unpaired) electrons. The monoisotopic (exact) mass is 302 g/mol. The number of hydrogen-bond donors (Lipinski definition) is 2. The molecule has 2 rings (SSSR count). The number of nitrogens with two attached hydrogens (primary N) is 1. The summed E-state index contributed by atoms with van der Waals surface area (Å²) in [6.45, 7) is 0. The van der Waals surface area contributed by atoms with Gasteiger partial charge in [0.2, 0.25) is 5.96 Å². The van der Waals surface area contributed by atoms with Gasteiger partial charge < -0.3 is 5.73 Å². The Kier molecular flexibility index (Phi) is 4.68. The lowest BCUT2D eigenvalue weighted by Gasteiger charge is -2.01. The molecule has 0 spiro atoms. The molecule has 21 heavy (non-hydrogen) atoms. The number of hydrazone groups is 1. The van der Waals surface area contributed by atoms with Gasteiger partial charge in [-0.15, -0.1) is 4.40 Å². The van der Waals surface area contributed by atoms with Gasteiger partial charge in [-0.05, 0) is 17.7 Å². The molecule has 2 aromatic carbocycles. The topological polar surface area (TPSA) is 96.9 Å². The van der Waals surface area contributed by atoms with Crippen LogP contribution in [0.3, 0.4) is 0 Å². The highest BCUT2D eigenvalue weighted by Gasteiger charge is 2.12. The number of sulfonamides is 1. The average Bonchev–Trinajstić information content (AvgIpc) is 2.49. The first kappa shape index (κ1) is 14.7. The normalized spacial score (nSPS) is 12.5. The largest absolute Gasteiger partial charge is 0.368 e. The van der Waals surface area contributed by atoms with Crippen molar-refractivity contribution in [1.29, 1.82) is 0 Å². The van der Waals surface area contributed by atoms with Gasteiger partial charge in [-0.2, -0.15) is 13.5 Å². The van der Waals surface area contributed by atoms with Crippen LogP contribution in [0.4, 0.5) is 0 Å². The summed E-state index contributed by atoms with van der Waals surface area (Å²) in [7, 11) is -3.83. The number of benzene rings is 2. The van der Waals surface area contributed by atoms with Crippen molar-refractivity contribution >= 4 is 22.2 Å². The van der Waals surface area contributed by atoms with Crippen LogP contribution in [-0.2, 0) is 10.0 Å². The van der Waals surface area contributed by atoms with E-state index in [0.29, 0.717) is 0 Å². The molecule has 0 saturated heterocycles. The summed E-state index contributed by atoms with van der Waals surface area (Å²) < 4.78 is 27.3. The Morgan fingerprint density at radius 2 is 1.57 bits per heavy atom. The first-order chi connectivity index (χ1) is 10.1. The quantitative estimate of drug-likeness (QED) is 0.505. The molecule has 108 valence electrons. The molecule has 0 bridgehead atoms. The zero-order chi connectivity index (χ0) is 15.1. The minimum atomic E-state index is -3.83. The van der Waals surface area contributed by atoms with Gasteiger partial charge in [-0.1, -0.05) is 48.5 Å². The molecule has 7 heteroatoms. The van der Waals surface area contributed by atoms with E-state index in [1.807, 2.05) is 30.3 Å². The van der Waals surface area contributed by atoms with Crippen LogP contribution in [0.1, 0.15) is 5.56 Å². The molecule has 0 aliphatic heterocycles. The average molecular weight is 302 g/mol. The Morgan fingerprint density at radius 3 is 2.19 bits per heavy atom. The van der Waals surface area contributed by atoms with Crippen LogP contribution in [0, 0.1) is 0 Å². The molecule has 3 N–H and O–H groups in total. The van der Waals surface area contributed by atoms with E-state index in [2.05, 4.69) is 14.9 Å². The fourth-order valence-electron chi connectivity index (χ4n) is 1.51. The van der Waals surface area contributed by atoms with Crippen LogP contribution in [0.5, 0.6) is 0 Å². The van der Waals surface area contributed by atoms with Crippen LogP contribution in [0.2, 0.25) is 0 Å². The Bertz CT molecular complexity index is 741. The Balaban J connectivity index is 2.06. The lowest BCUT2D eigenvalue weighted by molar-refractivity contribution is 0.597. The third-order valence-electron chi connectivity index (χ3n) is 2.45. The first-order valence-corrected chi connectivity index (χ1v) is 7.51. The summed E-state index contributed by atoms with van der Waals surface area (Å²) in [5.41, 5.74) is 8.73. The van der Waals surface area contributed by atoms with Gasteiger partial charge in [0.1, 0.15) is 0 Å². The van der Waals surface area contributed by atoms with Crippen molar-refractivity contribution < 1.29 is 8.42 Å². The summed E-state index contributed by atoms with van der Waals surface area (Å²) in [5, 5.41) is 3.82. The molecular weight excluding hydrogens is 288 g/mol. The van der Waals surface area contributed by atoms with E-state index in [1.54, 1.807) is 18.2 Å². The highest BCUT2D eigenvalue weighted by atomic mass is 32.2. The zero-order valence-corrected chi connectivity index (χ0v) is 11.9. The summed E-state index contributed by atoms with van der Waals surface area (Å²) in [6, 6.07) is 17.1. The second-order valence-corrected chi connectivity index (χ2v) is 5.65. The molecular formula is C14H14N4O2S. The second kappa shape index (κ2) is 6.67. The highest BCUT2D eigenvalue weighted by Crippen LogP contribution is 2.10. The van der Waals surface area contributed by atoms with E-state index in [1.165, 1.54) is 18.3 Å². The minimum absolute atomic E-state index is 0.0711. The van der Waals surface area contributed by atoms with Gasteiger partial charge in [0.15, 0.2) is 0 Å². The van der Waals surface area contributed by atoms with E-state index < -0.39 is 10.0 Å². The van der Waals surface area contributed by atoms with Crippen molar-refractivity contribution in [2.75, 3.05) is 0 Å². The van der Waals surface area contributed by atoms with Crippen molar-refractivity contribution in [3.05, 3.63) is 66.2 Å². The lowest BCUT2D eigenvalue weighted by atomic mass is 10.2. The maximum atomic E-state index is 11.9. The maximum absolute atomic E-state index is 11.9. The molecule has 0 aliphatic carbocycles. The fraction of sp³-hybridized carbons (Fsp3) is 0. The van der Waals surface area contributed by atoms with Crippen molar-refractivity contribution in [2.45, 2.75) is 4.90 Å². The number of nitrogens with zero attached hydrogens (tertiary/aromatic N) is 2. The van der Waals surface area contributed by atoms with Gasteiger partial charge in [0, 0.05) is 0 Å². The fourth-order valence-corrected chi connectivity index (χ4v) is 2.41. The molecule has 0 unspecified atom stereocenters. The number of nitrogens with one attached hydrogen (secondary N) is 1. The summed E-state index contributed by atoms with van der Waals surface area (Å²) in [6.07, 6.45) is 1.51. The van der Waals surface area contributed by atoms with E-state index in [4.69, 9.17) is 5.73 Å². The molecule has 0 aromatic heterocycles. The third-order valence-corrected chi connectivity index (χ3v) is 3.76. The van der Waals surface area contributed by atoms with Crippen LogP contribution < -0.4 is 11.2 Å². The van der Waals surface area contributed by atoms with E-state index in [0.717, 1.165) is 5.56 Å². The van der Waals surface area contributed by atoms with E-state index in [-0.39, 0.29) is 10.9 Å². The second-order valence-electron chi connectivity index (χ2n) is 4.05. The van der Waals surface area contributed by atoms with Gasteiger partial charge in [0.25, 0.3) is 10.0 Å². The van der Waals surface area contributed by atoms with E-state index >= 15 is 0 Å². The van der Waals surface area contributed by atoms with Crippen LogP contribution >= 0.6 is 0 Å². The molecule has 0 aliphatic rings. The van der Waals surface area contributed by atoms with Crippen LogP contribution in [0.25, 0.3) is 0 Å². The lowest BCUT2D eigenvalue weighted by Crippen LogP contribution is -2.28. The van der Waals surface area contributed by atoms with Crippen molar-refractivity contribution in [1.82, 2.24) is 5.43 Å². The Hall–Kier alpha value is -2.67. The molecule has 0 atom stereocenters. The highest BCUT2D eigenvalue weighted by molar-refractivity contribution is 7.90. The predicted molar refractivity (Wildman–Crippen MR) is 82.4 cm³/mol. The number of rotatable bonds is 4. The van der Waals surface area contributed by atoms with Crippen LogP contribution in [0.15, 0.2) is 75.1 Å². The summed E-state index contributed by atoms with van der Waals surface area (Å²) >= 11 is 0. The van der Waals surface area contributed by atoms with E-state index in [9.17, 15) is 8.42 Å². The molecule has 0 fully saturated rings. The number of guanidine groups is 1.